The molecular formula is C48H65N5O5. The van der Waals surface area contributed by atoms with Gasteiger partial charge in [-0.05, 0) is 133 Å². The van der Waals surface area contributed by atoms with Crippen molar-refractivity contribution in [2.45, 2.75) is 116 Å². The molecule has 0 heterocycles. The van der Waals surface area contributed by atoms with Crippen LogP contribution in [-0.2, 0) is 32.2 Å². The monoisotopic (exact) mass is 791 g/mol. The van der Waals surface area contributed by atoms with Crippen molar-refractivity contribution in [1.29, 1.82) is 0 Å². The van der Waals surface area contributed by atoms with Crippen LogP contribution in [0.15, 0.2) is 78.9 Å². The van der Waals surface area contributed by atoms with Crippen LogP contribution in [0.3, 0.4) is 0 Å². The second kappa shape index (κ2) is 22.3. The number of nitrogens with one attached hydrogen (secondary N) is 4. The van der Waals surface area contributed by atoms with E-state index in [0.29, 0.717) is 26.0 Å². The number of para-hydroxylation sites is 1. The fourth-order valence-corrected chi connectivity index (χ4v) is 6.80. The molecule has 0 aromatic heterocycles. The predicted molar refractivity (Wildman–Crippen MR) is 234 cm³/mol. The summed E-state index contributed by atoms with van der Waals surface area (Å²) in [6.45, 7) is 11.7. The molecule has 58 heavy (non-hydrogen) atoms. The predicted octanol–water partition coefficient (Wildman–Crippen LogP) is 7.09. The van der Waals surface area contributed by atoms with Crippen LogP contribution in [0.25, 0.3) is 0 Å². The van der Waals surface area contributed by atoms with E-state index >= 15 is 0 Å². The number of carbonyl (C=O) groups is 3. The van der Waals surface area contributed by atoms with Gasteiger partial charge in [0.2, 0.25) is 17.7 Å². The van der Waals surface area contributed by atoms with E-state index < -0.39 is 0 Å². The molecule has 1 aliphatic carbocycles. The van der Waals surface area contributed by atoms with Crippen LogP contribution < -0.4 is 30.9 Å². The number of hydrogen-bond donors (Lipinski definition) is 4. The van der Waals surface area contributed by atoms with Gasteiger partial charge in [-0.2, -0.15) is 0 Å². The quantitative estimate of drug-likeness (QED) is 0.0713. The van der Waals surface area contributed by atoms with Gasteiger partial charge in [-0.25, -0.2) is 0 Å². The second-order valence-electron chi connectivity index (χ2n) is 16.5. The van der Waals surface area contributed by atoms with Crippen LogP contribution in [0, 0.1) is 19.3 Å². The molecule has 2 unspecified atom stereocenters. The molecule has 312 valence electrons. The third kappa shape index (κ3) is 14.8. The number of aryl methyl sites for hydroxylation is 1. The van der Waals surface area contributed by atoms with Crippen molar-refractivity contribution in [2.24, 2.45) is 0 Å². The molecular weight excluding hydrogens is 727 g/mol. The molecule has 3 aromatic rings. The first-order valence-electron chi connectivity index (χ1n) is 20.6. The summed E-state index contributed by atoms with van der Waals surface area (Å²) in [5, 5.41) is 12.3. The lowest BCUT2D eigenvalue weighted by atomic mass is 9.85. The highest BCUT2D eigenvalue weighted by molar-refractivity contribution is 5.94. The summed E-state index contributed by atoms with van der Waals surface area (Å²) in [6, 6.07) is 21.8. The molecule has 4 rings (SSSR count). The fourth-order valence-electron chi connectivity index (χ4n) is 6.80. The highest BCUT2D eigenvalue weighted by Crippen LogP contribution is 2.33. The Hall–Kier alpha value is -4.95. The van der Waals surface area contributed by atoms with Gasteiger partial charge in [-0.1, -0.05) is 60.5 Å². The number of ether oxygens (including phenoxy) is 2. The summed E-state index contributed by atoms with van der Waals surface area (Å²) in [7, 11) is 3.78. The van der Waals surface area contributed by atoms with E-state index in [4.69, 9.17) is 15.9 Å². The number of nitrogens with zero attached hydrogens (tertiary/aromatic N) is 1. The van der Waals surface area contributed by atoms with Gasteiger partial charge >= 0.3 is 0 Å². The summed E-state index contributed by atoms with van der Waals surface area (Å²) >= 11 is 0. The van der Waals surface area contributed by atoms with Gasteiger partial charge in [-0.15, -0.1) is 6.42 Å². The van der Waals surface area contributed by atoms with Gasteiger partial charge < -0.3 is 35.6 Å². The van der Waals surface area contributed by atoms with E-state index in [1.165, 1.54) is 0 Å². The largest absolute Gasteiger partial charge is 0.494 e. The Labute approximate surface area is 346 Å². The van der Waals surface area contributed by atoms with Crippen molar-refractivity contribution in [3.8, 4) is 18.1 Å². The molecule has 0 spiro atoms. The van der Waals surface area contributed by atoms with Crippen LogP contribution in [0.5, 0.6) is 5.75 Å². The molecule has 3 aromatic carbocycles. The van der Waals surface area contributed by atoms with E-state index in [0.717, 1.165) is 64.9 Å². The van der Waals surface area contributed by atoms with Crippen LogP contribution in [0.1, 0.15) is 106 Å². The number of anilines is 1. The molecule has 0 radical (unpaired) electrons. The number of allylic oxidation sites excluding steroid dienone is 1. The molecule has 4 N–H and O–H groups in total. The smallest absolute Gasteiger partial charge is 0.246 e. The third-order valence-electron chi connectivity index (χ3n) is 11.0. The van der Waals surface area contributed by atoms with Crippen LogP contribution >= 0.6 is 0 Å². The minimum absolute atomic E-state index is 0.0112. The Balaban J connectivity index is 1.39. The molecule has 0 bridgehead atoms. The average Bonchev–Trinajstić information content (AvgIpc) is 3.19. The summed E-state index contributed by atoms with van der Waals surface area (Å²) in [4.78, 5) is 41.2. The standard InChI is InChI=1S/C48H65N5O5/c1-9-37-21-22-39(29-40(37)33-53(43-18-14-13-15-35(43)2)46(56)25-27-51-44(54)31-48(5,6)50-8)38-16-11-10-12-17-42(30-38)58-34-45(55)52-32-36-19-23-41(24-20-36)57-28-26-47(3,4)49-7/h1,12-15,17-24,29,38,42,49-50H,10-11,16,25-28,30-34H2,2-8H3,(H,51,54)(H,52,55)/b17-12-. The lowest BCUT2D eigenvalue weighted by molar-refractivity contribution is -0.127. The highest BCUT2D eigenvalue weighted by atomic mass is 16.5. The molecule has 10 nitrogen and oxygen atoms in total. The summed E-state index contributed by atoms with van der Waals surface area (Å²) in [5.41, 5.74) is 5.14. The lowest BCUT2D eigenvalue weighted by Gasteiger charge is -2.28. The van der Waals surface area contributed by atoms with E-state index in [2.05, 4.69) is 65.3 Å². The van der Waals surface area contributed by atoms with Crippen molar-refractivity contribution in [3.05, 3.63) is 107 Å². The second-order valence-corrected chi connectivity index (χ2v) is 16.5. The molecule has 3 amide bonds. The van der Waals surface area contributed by atoms with Gasteiger partial charge in [0.25, 0.3) is 0 Å². The Bertz CT molecular complexity index is 1880. The van der Waals surface area contributed by atoms with Gasteiger partial charge in [-0.3, -0.25) is 14.4 Å². The summed E-state index contributed by atoms with van der Waals surface area (Å²) < 4.78 is 12.1. The van der Waals surface area contributed by atoms with Crippen molar-refractivity contribution in [3.63, 3.8) is 0 Å². The van der Waals surface area contributed by atoms with Crippen LogP contribution in [0.4, 0.5) is 5.69 Å². The number of hydrogen-bond acceptors (Lipinski definition) is 7. The topological polar surface area (TPSA) is 121 Å². The first-order chi connectivity index (χ1) is 27.7. The van der Waals surface area contributed by atoms with E-state index in [-0.39, 0.29) is 66.9 Å². The number of rotatable bonds is 20. The molecule has 10 heteroatoms. The maximum atomic E-state index is 13.9. The van der Waals surface area contributed by atoms with Crippen molar-refractivity contribution < 1.29 is 23.9 Å². The van der Waals surface area contributed by atoms with Crippen LogP contribution in [0.2, 0.25) is 0 Å². The Morgan fingerprint density at radius 3 is 2.38 bits per heavy atom. The van der Waals surface area contributed by atoms with Crippen molar-refractivity contribution in [2.75, 3.05) is 38.8 Å². The van der Waals surface area contributed by atoms with Crippen molar-refractivity contribution in [1.82, 2.24) is 21.3 Å². The SMILES string of the molecule is C#Cc1ccc(C2CCC/C=C\C(OCC(=O)NCc3ccc(OCCC(C)(C)NC)cc3)C2)cc1CN(C(=O)CCNC(=O)CC(C)(C)NC)c1ccccc1C. The zero-order chi connectivity index (χ0) is 42.1. The Morgan fingerprint density at radius 2 is 1.67 bits per heavy atom. The number of terminal acetylenes is 1. The first-order valence-corrected chi connectivity index (χ1v) is 20.6. The molecule has 1 aliphatic rings. The zero-order valence-corrected chi connectivity index (χ0v) is 35.7. The molecule has 0 saturated carbocycles. The van der Waals surface area contributed by atoms with Gasteiger partial charge in [0.15, 0.2) is 0 Å². The molecule has 2 atom stereocenters. The van der Waals surface area contributed by atoms with E-state index in [9.17, 15) is 14.4 Å². The first kappa shape index (κ1) is 45.7. The number of carbonyl (C=O) groups excluding carboxylic acids is 3. The lowest BCUT2D eigenvalue weighted by Crippen LogP contribution is -2.42. The van der Waals surface area contributed by atoms with E-state index in [1.807, 2.05) is 89.5 Å². The van der Waals surface area contributed by atoms with Gasteiger partial charge in [0.05, 0.1) is 19.3 Å². The molecule has 0 fully saturated rings. The maximum Gasteiger partial charge on any atom is 0.246 e. The average molecular weight is 792 g/mol. The minimum atomic E-state index is -0.347. The Kier molecular flexibility index (Phi) is 17.6. The molecule has 0 aliphatic heterocycles. The maximum absolute atomic E-state index is 13.9. The molecule has 0 saturated heterocycles. The van der Waals surface area contributed by atoms with Crippen LogP contribution in [-0.4, -0.2) is 68.8 Å². The van der Waals surface area contributed by atoms with Gasteiger partial charge in [0.1, 0.15) is 12.4 Å². The number of benzene rings is 3. The minimum Gasteiger partial charge on any atom is -0.494 e. The highest BCUT2D eigenvalue weighted by Gasteiger charge is 2.24. The zero-order valence-electron chi connectivity index (χ0n) is 35.7. The number of amides is 3. The van der Waals surface area contributed by atoms with Crippen molar-refractivity contribution >= 4 is 23.4 Å². The fraction of sp³-hybridized carbons (Fsp3) is 0.479. The summed E-state index contributed by atoms with van der Waals surface area (Å²) in [6.07, 6.45) is 14.9. The van der Waals surface area contributed by atoms with E-state index in [1.54, 1.807) is 4.90 Å². The third-order valence-corrected chi connectivity index (χ3v) is 11.0. The normalized spacial score (nSPS) is 16.3. The summed E-state index contributed by atoms with van der Waals surface area (Å²) in [5.74, 6) is 3.41. The Morgan fingerprint density at radius 1 is 0.931 bits per heavy atom. The van der Waals surface area contributed by atoms with Gasteiger partial charge in [0, 0.05) is 48.3 Å².